The molecule has 2 aromatic rings. The number of hydrogen-bond acceptors (Lipinski definition) is 5. The van der Waals surface area contributed by atoms with E-state index in [1.807, 2.05) is 0 Å². The topological polar surface area (TPSA) is 102 Å². The molecule has 28 heavy (non-hydrogen) atoms. The Morgan fingerprint density at radius 1 is 1.07 bits per heavy atom. The van der Waals surface area contributed by atoms with Crippen LogP contribution in [0, 0.1) is 0 Å². The second kappa shape index (κ2) is 10.1. The van der Waals surface area contributed by atoms with E-state index in [4.69, 9.17) is 14.6 Å². The first-order chi connectivity index (χ1) is 13.4. The van der Waals surface area contributed by atoms with Gasteiger partial charge < -0.3 is 19.9 Å². The van der Waals surface area contributed by atoms with E-state index in [2.05, 4.69) is 5.32 Å². The number of carboxylic acid groups (broad SMARTS) is 1. The molecule has 0 aromatic heterocycles. The molecule has 0 unspecified atom stereocenters. The summed E-state index contributed by atoms with van der Waals surface area (Å²) in [5.41, 5.74) is 1.58. The summed E-state index contributed by atoms with van der Waals surface area (Å²) >= 11 is 0. The maximum Gasteiger partial charge on any atom is 0.307 e. The fraction of sp³-hybridized carbons (Fsp3) is 0.286. The summed E-state index contributed by atoms with van der Waals surface area (Å²) < 4.78 is 10.9. The average molecular weight is 385 g/mol. The highest BCUT2D eigenvalue weighted by Crippen LogP contribution is 2.28. The SMILES string of the molecule is COc1cc(C(C)=O)ccc1OCCCC(=O)Nc1ccccc1CC(=O)O. The third-order valence-electron chi connectivity index (χ3n) is 4.01. The molecule has 2 aromatic carbocycles. The molecule has 2 N–H and O–H groups in total. The number of ketones is 1. The molecule has 0 fully saturated rings. The summed E-state index contributed by atoms with van der Waals surface area (Å²) in [7, 11) is 1.49. The van der Waals surface area contributed by atoms with Crippen LogP contribution in [-0.4, -0.2) is 36.5 Å². The number of carbonyl (C=O) groups is 3. The lowest BCUT2D eigenvalue weighted by Crippen LogP contribution is -2.15. The molecule has 0 saturated carbocycles. The van der Waals surface area contributed by atoms with Crippen molar-refractivity contribution < 1.29 is 29.0 Å². The van der Waals surface area contributed by atoms with E-state index in [1.165, 1.54) is 14.0 Å². The lowest BCUT2D eigenvalue weighted by molar-refractivity contribution is -0.136. The second-order valence-electron chi connectivity index (χ2n) is 6.15. The number of ether oxygens (including phenoxy) is 2. The normalized spacial score (nSPS) is 10.2. The molecular weight excluding hydrogens is 362 g/mol. The van der Waals surface area contributed by atoms with Crippen LogP contribution in [-0.2, 0) is 16.0 Å². The van der Waals surface area contributed by atoms with Gasteiger partial charge in [-0.25, -0.2) is 0 Å². The van der Waals surface area contributed by atoms with E-state index in [-0.39, 0.29) is 24.5 Å². The van der Waals surface area contributed by atoms with Crippen LogP contribution in [0.3, 0.4) is 0 Å². The Morgan fingerprint density at radius 2 is 1.82 bits per heavy atom. The van der Waals surface area contributed by atoms with Crippen LogP contribution in [0.15, 0.2) is 42.5 Å². The molecule has 0 spiro atoms. The minimum atomic E-state index is -0.958. The van der Waals surface area contributed by atoms with Gasteiger partial charge in [0, 0.05) is 17.7 Å². The van der Waals surface area contributed by atoms with Crippen LogP contribution >= 0.6 is 0 Å². The molecule has 1 amide bonds. The van der Waals surface area contributed by atoms with Crippen molar-refractivity contribution in [1.29, 1.82) is 0 Å². The number of para-hydroxylation sites is 1. The number of amides is 1. The van der Waals surface area contributed by atoms with Gasteiger partial charge >= 0.3 is 5.97 Å². The van der Waals surface area contributed by atoms with E-state index in [9.17, 15) is 14.4 Å². The number of hydrogen-bond donors (Lipinski definition) is 2. The Kier molecular flexibility index (Phi) is 7.56. The highest BCUT2D eigenvalue weighted by Gasteiger charge is 2.11. The summed E-state index contributed by atoms with van der Waals surface area (Å²) in [5.74, 6) is -0.288. The van der Waals surface area contributed by atoms with Crippen LogP contribution in [0.2, 0.25) is 0 Å². The van der Waals surface area contributed by atoms with Crippen LogP contribution in [0.25, 0.3) is 0 Å². The van der Waals surface area contributed by atoms with Gasteiger partial charge in [0.2, 0.25) is 5.91 Å². The Bertz CT molecular complexity index is 862. The van der Waals surface area contributed by atoms with Crippen molar-refractivity contribution in [2.45, 2.75) is 26.2 Å². The van der Waals surface area contributed by atoms with Gasteiger partial charge in [0.25, 0.3) is 0 Å². The summed E-state index contributed by atoms with van der Waals surface area (Å²) in [5, 5.41) is 11.7. The summed E-state index contributed by atoms with van der Waals surface area (Å²) in [6, 6.07) is 11.7. The number of aliphatic carboxylic acids is 1. The average Bonchev–Trinajstić information content (AvgIpc) is 2.66. The Balaban J connectivity index is 1.85. The maximum atomic E-state index is 12.1. The minimum Gasteiger partial charge on any atom is -0.493 e. The molecule has 7 heteroatoms. The van der Waals surface area contributed by atoms with Crippen LogP contribution < -0.4 is 14.8 Å². The molecule has 0 bridgehead atoms. The molecule has 0 aliphatic carbocycles. The van der Waals surface area contributed by atoms with E-state index < -0.39 is 5.97 Å². The molecule has 0 aliphatic rings. The van der Waals surface area contributed by atoms with Gasteiger partial charge in [-0.3, -0.25) is 14.4 Å². The maximum absolute atomic E-state index is 12.1. The third-order valence-corrected chi connectivity index (χ3v) is 4.01. The van der Waals surface area contributed by atoms with Gasteiger partial charge in [-0.2, -0.15) is 0 Å². The number of nitrogens with one attached hydrogen (secondary N) is 1. The van der Waals surface area contributed by atoms with Crippen molar-refractivity contribution in [3.63, 3.8) is 0 Å². The summed E-state index contributed by atoms with van der Waals surface area (Å²) in [6.45, 7) is 1.77. The lowest BCUT2D eigenvalue weighted by Gasteiger charge is -2.12. The highest BCUT2D eigenvalue weighted by atomic mass is 16.5. The molecule has 0 saturated heterocycles. The van der Waals surface area contributed by atoms with E-state index in [0.717, 1.165) is 0 Å². The van der Waals surface area contributed by atoms with E-state index in [0.29, 0.717) is 41.3 Å². The lowest BCUT2D eigenvalue weighted by atomic mass is 10.1. The summed E-state index contributed by atoms with van der Waals surface area (Å²) in [4.78, 5) is 34.5. The number of carboxylic acids is 1. The smallest absolute Gasteiger partial charge is 0.307 e. The predicted octanol–water partition coefficient (Wildman–Crippen LogP) is 3.32. The second-order valence-corrected chi connectivity index (χ2v) is 6.15. The Hall–Kier alpha value is -3.35. The molecule has 2 rings (SSSR count). The van der Waals surface area contributed by atoms with Crippen LogP contribution in [0.5, 0.6) is 11.5 Å². The van der Waals surface area contributed by atoms with Gasteiger partial charge in [-0.15, -0.1) is 0 Å². The molecule has 148 valence electrons. The van der Waals surface area contributed by atoms with E-state index in [1.54, 1.807) is 42.5 Å². The first-order valence-corrected chi connectivity index (χ1v) is 8.82. The molecule has 0 aliphatic heterocycles. The van der Waals surface area contributed by atoms with Crippen molar-refractivity contribution in [2.75, 3.05) is 19.0 Å². The fourth-order valence-electron chi connectivity index (χ4n) is 2.59. The summed E-state index contributed by atoms with van der Waals surface area (Å²) in [6.07, 6.45) is 0.523. The zero-order valence-electron chi connectivity index (χ0n) is 15.9. The number of carbonyl (C=O) groups excluding carboxylic acids is 2. The number of anilines is 1. The van der Waals surface area contributed by atoms with Gasteiger partial charge in [0.1, 0.15) is 0 Å². The number of rotatable bonds is 10. The van der Waals surface area contributed by atoms with Crippen molar-refractivity contribution in [2.24, 2.45) is 0 Å². The number of Topliss-reactive ketones (excluding diaryl/α,β-unsaturated/α-hetero) is 1. The van der Waals surface area contributed by atoms with Gasteiger partial charge in [0.05, 0.1) is 20.1 Å². The van der Waals surface area contributed by atoms with Crippen LogP contribution in [0.1, 0.15) is 35.7 Å². The highest BCUT2D eigenvalue weighted by molar-refractivity contribution is 5.94. The third kappa shape index (κ3) is 6.12. The van der Waals surface area contributed by atoms with Crippen molar-refractivity contribution in [3.8, 4) is 11.5 Å². The molecular formula is C21H23NO6. The first-order valence-electron chi connectivity index (χ1n) is 8.82. The first kappa shape index (κ1) is 21.0. The van der Waals surface area contributed by atoms with Crippen LogP contribution in [0.4, 0.5) is 5.69 Å². The predicted molar refractivity (Wildman–Crippen MR) is 104 cm³/mol. The van der Waals surface area contributed by atoms with Gasteiger partial charge in [-0.05, 0) is 43.2 Å². The van der Waals surface area contributed by atoms with Crippen molar-refractivity contribution in [1.82, 2.24) is 0 Å². The zero-order valence-corrected chi connectivity index (χ0v) is 15.9. The molecule has 0 heterocycles. The van der Waals surface area contributed by atoms with Gasteiger partial charge in [0.15, 0.2) is 17.3 Å². The van der Waals surface area contributed by atoms with Crippen molar-refractivity contribution in [3.05, 3.63) is 53.6 Å². The molecule has 0 atom stereocenters. The fourth-order valence-corrected chi connectivity index (χ4v) is 2.59. The largest absolute Gasteiger partial charge is 0.493 e. The Labute approximate surface area is 163 Å². The minimum absolute atomic E-state index is 0.0651. The zero-order chi connectivity index (χ0) is 20.5. The molecule has 7 nitrogen and oxygen atoms in total. The number of methoxy groups -OCH3 is 1. The van der Waals surface area contributed by atoms with Crippen molar-refractivity contribution >= 4 is 23.3 Å². The monoisotopic (exact) mass is 385 g/mol. The quantitative estimate of drug-likeness (QED) is 0.480. The van der Waals surface area contributed by atoms with E-state index >= 15 is 0 Å². The standard InChI is InChI=1S/C21H23NO6/c1-14(23)15-9-10-18(19(12-15)27-2)28-11-5-8-20(24)22-17-7-4-3-6-16(17)13-21(25)26/h3-4,6-7,9-10,12H,5,8,11,13H2,1-2H3,(H,22,24)(H,25,26). The molecule has 0 radical (unpaired) electrons. The Morgan fingerprint density at radius 3 is 2.50 bits per heavy atom. The van der Waals surface area contributed by atoms with Gasteiger partial charge in [-0.1, -0.05) is 18.2 Å². The number of benzene rings is 2.